The number of piperidine rings is 1. The first-order valence-corrected chi connectivity index (χ1v) is 11.1. The summed E-state index contributed by atoms with van der Waals surface area (Å²) in [6.45, 7) is 1.39. The number of carbonyl (C=O) groups excluding carboxylic acids is 2. The van der Waals surface area contributed by atoms with Gasteiger partial charge in [-0.2, -0.15) is 12.6 Å². The fraction of sp³-hybridized carbons (Fsp3) is 0.417. The molecule has 2 atom stereocenters. The van der Waals surface area contributed by atoms with Gasteiger partial charge in [-0.1, -0.05) is 24.3 Å². The lowest BCUT2D eigenvalue weighted by molar-refractivity contribution is -0.141. The quantitative estimate of drug-likeness (QED) is 0.522. The molecule has 4 rings (SSSR count). The standard InChI is InChI=1S/C24H27FN2O3S/c1-30-22(28)15-26-10-8-16(13-26)12-18-14-27(11-9-21(18)31)23(24(29)17-6-7-17)19-4-2-3-5-20(19)25/h2-5,8,10,12-13,17,21,23,31H,6-7,9,11,14-15H2,1H3/b18-12-. The van der Waals surface area contributed by atoms with Crippen molar-refractivity contribution in [2.24, 2.45) is 5.92 Å². The SMILES string of the molecule is COC(=O)Cn1ccc(/C=C2/CN(C(C(=O)C3CC3)c3ccccc3F)CCC2S)c1. The van der Waals surface area contributed by atoms with E-state index in [0.29, 0.717) is 18.7 Å². The Labute approximate surface area is 187 Å². The Kier molecular flexibility index (Phi) is 6.62. The van der Waals surface area contributed by atoms with Gasteiger partial charge in [-0.05, 0) is 42.5 Å². The molecule has 1 aromatic carbocycles. The van der Waals surface area contributed by atoms with Crippen LogP contribution in [-0.4, -0.2) is 46.7 Å². The first kappa shape index (κ1) is 21.8. The van der Waals surface area contributed by atoms with Crippen LogP contribution in [0.15, 0.2) is 48.3 Å². The van der Waals surface area contributed by atoms with Crippen LogP contribution in [0.3, 0.4) is 0 Å². The van der Waals surface area contributed by atoms with Crippen molar-refractivity contribution in [3.8, 4) is 0 Å². The second kappa shape index (κ2) is 9.40. The fourth-order valence-electron chi connectivity index (χ4n) is 4.14. The monoisotopic (exact) mass is 442 g/mol. The summed E-state index contributed by atoms with van der Waals surface area (Å²) in [4.78, 5) is 26.7. The van der Waals surface area contributed by atoms with Crippen LogP contribution in [0.1, 0.15) is 36.4 Å². The van der Waals surface area contributed by atoms with Crippen LogP contribution < -0.4 is 0 Å². The van der Waals surface area contributed by atoms with Gasteiger partial charge in [0, 0.05) is 42.2 Å². The highest BCUT2D eigenvalue weighted by Crippen LogP contribution is 2.39. The Morgan fingerprint density at radius 1 is 1.26 bits per heavy atom. The van der Waals surface area contributed by atoms with Crippen LogP contribution in [0.4, 0.5) is 4.39 Å². The molecule has 164 valence electrons. The molecule has 0 amide bonds. The molecule has 7 heteroatoms. The van der Waals surface area contributed by atoms with Crippen molar-refractivity contribution in [3.05, 3.63) is 65.2 Å². The van der Waals surface area contributed by atoms with Crippen molar-refractivity contribution in [3.63, 3.8) is 0 Å². The number of benzene rings is 1. The van der Waals surface area contributed by atoms with Gasteiger partial charge in [-0.3, -0.25) is 14.5 Å². The van der Waals surface area contributed by atoms with Gasteiger partial charge in [-0.15, -0.1) is 0 Å². The van der Waals surface area contributed by atoms with Crippen LogP contribution in [0, 0.1) is 11.7 Å². The molecular formula is C24H27FN2O3S. The molecule has 0 N–H and O–H groups in total. The minimum Gasteiger partial charge on any atom is -0.468 e. The number of hydrogen-bond acceptors (Lipinski definition) is 5. The summed E-state index contributed by atoms with van der Waals surface area (Å²) in [5, 5.41) is 0.0671. The van der Waals surface area contributed by atoms with Crippen molar-refractivity contribution in [1.29, 1.82) is 0 Å². The van der Waals surface area contributed by atoms with E-state index < -0.39 is 6.04 Å². The van der Waals surface area contributed by atoms with E-state index in [4.69, 9.17) is 17.4 Å². The molecule has 1 saturated carbocycles. The summed E-state index contributed by atoms with van der Waals surface area (Å²) < 4.78 is 21.1. The molecule has 31 heavy (non-hydrogen) atoms. The molecule has 0 spiro atoms. The number of rotatable bonds is 7. The van der Waals surface area contributed by atoms with Gasteiger partial charge in [0.25, 0.3) is 0 Å². The number of halogens is 1. The smallest absolute Gasteiger partial charge is 0.325 e. The van der Waals surface area contributed by atoms with Crippen LogP contribution in [0.25, 0.3) is 6.08 Å². The lowest BCUT2D eigenvalue weighted by atomic mass is 9.93. The van der Waals surface area contributed by atoms with Crippen LogP contribution in [0.5, 0.6) is 0 Å². The Morgan fingerprint density at radius 2 is 2.03 bits per heavy atom. The van der Waals surface area contributed by atoms with E-state index in [9.17, 15) is 14.0 Å². The van der Waals surface area contributed by atoms with Gasteiger partial charge < -0.3 is 9.30 Å². The number of nitrogens with zero attached hydrogens (tertiary/aromatic N) is 2. The molecule has 1 aliphatic carbocycles. The molecule has 2 unspecified atom stereocenters. The molecule has 0 bridgehead atoms. The molecule has 2 heterocycles. The molecule has 2 aromatic rings. The van der Waals surface area contributed by atoms with Gasteiger partial charge in [0.15, 0.2) is 5.78 Å². The summed E-state index contributed by atoms with van der Waals surface area (Å²) in [5.41, 5.74) is 2.49. The minimum atomic E-state index is -0.568. The van der Waals surface area contributed by atoms with Crippen LogP contribution in [-0.2, 0) is 20.9 Å². The number of thiol groups is 1. The van der Waals surface area contributed by atoms with E-state index >= 15 is 0 Å². The van der Waals surface area contributed by atoms with Crippen molar-refractivity contribution < 1.29 is 18.7 Å². The Morgan fingerprint density at radius 3 is 2.74 bits per heavy atom. The molecule has 0 radical (unpaired) electrons. The van der Waals surface area contributed by atoms with E-state index in [1.807, 2.05) is 18.5 Å². The number of esters is 1. The molecule has 5 nitrogen and oxygen atoms in total. The van der Waals surface area contributed by atoms with E-state index in [0.717, 1.165) is 30.4 Å². The Hall–Kier alpha value is -2.38. The lowest BCUT2D eigenvalue weighted by Crippen LogP contribution is -2.42. The van der Waals surface area contributed by atoms with Crippen molar-refractivity contribution in [1.82, 2.24) is 9.47 Å². The number of methoxy groups -OCH3 is 1. The zero-order valence-electron chi connectivity index (χ0n) is 17.5. The summed E-state index contributed by atoms with van der Waals surface area (Å²) in [6, 6.07) is 7.96. The van der Waals surface area contributed by atoms with E-state index in [-0.39, 0.29) is 35.3 Å². The summed E-state index contributed by atoms with van der Waals surface area (Å²) in [6.07, 6.45) is 8.33. The third-order valence-corrected chi connectivity index (χ3v) is 6.57. The zero-order chi connectivity index (χ0) is 22.0. The number of ketones is 1. The summed E-state index contributed by atoms with van der Waals surface area (Å²) in [7, 11) is 1.37. The average Bonchev–Trinajstić information content (AvgIpc) is 3.53. The highest BCUT2D eigenvalue weighted by molar-refractivity contribution is 7.81. The number of Topliss-reactive ketones (excluding diaryl/α,β-unsaturated/α-hetero) is 1. The third kappa shape index (κ3) is 5.10. The predicted molar refractivity (Wildman–Crippen MR) is 120 cm³/mol. The van der Waals surface area contributed by atoms with Crippen LogP contribution in [0.2, 0.25) is 0 Å². The number of hydrogen-bond donors (Lipinski definition) is 1. The molecular weight excluding hydrogens is 415 g/mol. The second-order valence-corrected chi connectivity index (χ2v) is 8.91. The second-order valence-electron chi connectivity index (χ2n) is 8.29. The van der Waals surface area contributed by atoms with Gasteiger partial charge in [0.2, 0.25) is 0 Å². The Balaban J connectivity index is 1.58. The largest absolute Gasteiger partial charge is 0.468 e. The number of ether oxygens (including phenoxy) is 1. The van der Waals surface area contributed by atoms with Gasteiger partial charge in [-0.25, -0.2) is 4.39 Å². The number of carbonyl (C=O) groups is 2. The summed E-state index contributed by atoms with van der Waals surface area (Å²) >= 11 is 4.75. The zero-order valence-corrected chi connectivity index (χ0v) is 18.4. The maximum atomic E-state index is 14.6. The minimum absolute atomic E-state index is 0.0399. The third-order valence-electron chi connectivity index (χ3n) is 5.98. The van der Waals surface area contributed by atoms with Crippen LogP contribution >= 0.6 is 12.6 Å². The van der Waals surface area contributed by atoms with E-state index in [1.165, 1.54) is 13.2 Å². The topological polar surface area (TPSA) is 51.5 Å². The van der Waals surface area contributed by atoms with E-state index in [1.54, 1.807) is 22.8 Å². The molecule has 2 aliphatic rings. The lowest BCUT2D eigenvalue weighted by Gasteiger charge is -2.37. The molecule has 1 aromatic heterocycles. The van der Waals surface area contributed by atoms with Gasteiger partial charge in [0.1, 0.15) is 12.4 Å². The average molecular weight is 443 g/mol. The molecule has 1 aliphatic heterocycles. The fourth-order valence-corrected chi connectivity index (χ4v) is 4.41. The van der Waals surface area contributed by atoms with Crippen molar-refractivity contribution in [2.75, 3.05) is 20.2 Å². The predicted octanol–water partition coefficient (Wildman–Crippen LogP) is 3.91. The maximum Gasteiger partial charge on any atom is 0.325 e. The van der Waals surface area contributed by atoms with Crippen molar-refractivity contribution >= 4 is 30.5 Å². The first-order chi connectivity index (χ1) is 15.0. The number of likely N-dealkylation sites (tertiary alicyclic amines) is 1. The molecule has 1 saturated heterocycles. The maximum absolute atomic E-state index is 14.6. The van der Waals surface area contributed by atoms with Gasteiger partial charge >= 0.3 is 5.97 Å². The Bertz CT molecular complexity index is 998. The number of aromatic nitrogens is 1. The highest BCUT2D eigenvalue weighted by atomic mass is 32.1. The highest BCUT2D eigenvalue weighted by Gasteiger charge is 2.40. The van der Waals surface area contributed by atoms with Gasteiger partial charge in [0.05, 0.1) is 13.2 Å². The molecule has 2 fully saturated rings. The first-order valence-electron chi connectivity index (χ1n) is 10.6. The van der Waals surface area contributed by atoms with E-state index in [2.05, 4.69) is 11.0 Å². The van der Waals surface area contributed by atoms with Crippen molar-refractivity contribution in [2.45, 2.75) is 37.1 Å². The normalized spacial score (nSPS) is 21.8. The summed E-state index contributed by atoms with van der Waals surface area (Å²) in [5.74, 6) is -0.485.